The summed E-state index contributed by atoms with van der Waals surface area (Å²) in [6.45, 7) is 0. The van der Waals surface area contributed by atoms with Crippen LogP contribution in [-0.2, 0) is 6.42 Å². The largest absolute Gasteiger partial charge is 0.496 e. The fraction of sp³-hybridized carbons (Fsp3) is 0.118. The third kappa shape index (κ3) is 4.39. The van der Waals surface area contributed by atoms with Crippen LogP contribution in [0.4, 0.5) is 10.8 Å². The van der Waals surface area contributed by atoms with Gasteiger partial charge in [0.05, 0.1) is 12.0 Å². The molecule has 3 aromatic rings. The topological polar surface area (TPSA) is 107 Å². The summed E-state index contributed by atoms with van der Waals surface area (Å²) in [5.41, 5.74) is 0.716. The fourth-order valence-corrected chi connectivity index (χ4v) is 3.30. The van der Waals surface area contributed by atoms with Crippen molar-refractivity contribution in [2.45, 2.75) is 6.42 Å². The molecule has 0 aliphatic heterocycles. The maximum absolute atomic E-state index is 12.3. The van der Waals surface area contributed by atoms with Crippen LogP contribution >= 0.6 is 22.9 Å². The van der Waals surface area contributed by atoms with Gasteiger partial charge in [-0.25, -0.2) is 0 Å². The minimum absolute atomic E-state index is 0.0356. The van der Waals surface area contributed by atoms with Crippen molar-refractivity contribution < 1.29 is 14.5 Å². The second-order valence-electron chi connectivity index (χ2n) is 5.37. The molecule has 0 aliphatic rings. The van der Waals surface area contributed by atoms with E-state index in [1.54, 1.807) is 7.11 Å². The number of amides is 1. The van der Waals surface area contributed by atoms with Gasteiger partial charge < -0.3 is 4.74 Å². The van der Waals surface area contributed by atoms with Crippen molar-refractivity contribution in [3.05, 3.63) is 73.7 Å². The van der Waals surface area contributed by atoms with Crippen LogP contribution in [0.3, 0.4) is 0 Å². The SMILES string of the molecule is COc1ccccc1Cc1nnc(NC(=O)c2ccc(Cl)c([N+](=O)[O-])c2)s1. The summed E-state index contributed by atoms with van der Waals surface area (Å²) in [6, 6.07) is 11.4. The number of para-hydroxylation sites is 1. The molecule has 1 heterocycles. The van der Waals surface area contributed by atoms with Gasteiger partial charge >= 0.3 is 0 Å². The summed E-state index contributed by atoms with van der Waals surface area (Å²) in [6.07, 6.45) is 0.504. The number of rotatable bonds is 6. The van der Waals surface area contributed by atoms with Gasteiger partial charge in [-0.2, -0.15) is 0 Å². The quantitative estimate of drug-likeness (QED) is 0.492. The number of nitrogens with zero attached hydrogens (tertiary/aromatic N) is 3. The highest BCUT2D eigenvalue weighted by Gasteiger charge is 2.17. The molecule has 1 aromatic heterocycles. The number of ether oxygens (including phenoxy) is 1. The van der Waals surface area contributed by atoms with Crippen molar-refractivity contribution in [2.75, 3.05) is 12.4 Å². The predicted octanol–water partition coefficient (Wildman–Crippen LogP) is 3.95. The number of anilines is 1. The minimum Gasteiger partial charge on any atom is -0.496 e. The Morgan fingerprint density at radius 2 is 2.07 bits per heavy atom. The Bertz CT molecular complexity index is 1010. The molecular formula is C17H13ClN4O4S. The molecule has 0 atom stereocenters. The first kappa shape index (κ1) is 18.7. The van der Waals surface area contributed by atoms with E-state index in [0.29, 0.717) is 16.6 Å². The van der Waals surface area contributed by atoms with Gasteiger partial charge in [-0.3, -0.25) is 20.2 Å². The number of methoxy groups -OCH3 is 1. The van der Waals surface area contributed by atoms with Crippen molar-refractivity contribution in [2.24, 2.45) is 0 Å². The zero-order valence-electron chi connectivity index (χ0n) is 14.0. The minimum atomic E-state index is -0.643. The van der Waals surface area contributed by atoms with Gasteiger partial charge in [0.1, 0.15) is 15.8 Å². The molecule has 3 rings (SSSR count). The van der Waals surface area contributed by atoms with E-state index < -0.39 is 10.8 Å². The number of carbonyl (C=O) groups is 1. The number of nitro benzene ring substituents is 1. The van der Waals surface area contributed by atoms with Gasteiger partial charge in [0, 0.05) is 23.6 Å². The van der Waals surface area contributed by atoms with Crippen LogP contribution in [0.5, 0.6) is 5.75 Å². The Hall–Kier alpha value is -3.04. The van der Waals surface area contributed by atoms with Crippen LogP contribution in [0.2, 0.25) is 5.02 Å². The molecule has 8 nitrogen and oxygen atoms in total. The van der Waals surface area contributed by atoms with Crippen molar-refractivity contribution in [1.29, 1.82) is 0 Å². The van der Waals surface area contributed by atoms with Crippen LogP contribution in [0.25, 0.3) is 0 Å². The summed E-state index contributed by atoms with van der Waals surface area (Å²) >= 11 is 6.97. The summed E-state index contributed by atoms with van der Waals surface area (Å²) in [5, 5.41) is 22.5. The Morgan fingerprint density at radius 1 is 1.30 bits per heavy atom. The standard InChI is InChI=1S/C17H13ClN4O4S/c1-26-14-5-3-2-4-10(14)9-15-20-21-17(27-15)19-16(23)11-6-7-12(18)13(8-11)22(24)25/h2-8H,9H2,1H3,(H,19,21,23). The van der Waals surface area contributed by atoms with Crippen molar-refractivity contribution in [1.82, 2.24) is 10.2 Å². The number of nitro groups is 1. The highest BCUT2D eigenvalue weighted by Crippen LogP contribution is 2.27. The number of hydrogen-bond acceptors (Lipinski definition) is 7. The predicted molar refractivity (Wildman–Crippen MR) is 102 cm³/mol. The Labute approximate surface area is 162 Å². The average molecular weight is 405 g/mol. The highest BCUT2D eigenvalue weighted by atomic mass is 35.5. The Balaban J connectivity index is 1.73. The lowest BCUT2D eigenvalue weighted by Gasteiger charge is -2.05. The second kappa shape index (κ2) is 8.11. The number of halogens is 1. The third-order valence-electron chi connectivity index (χ3n) is 3.63. The van der Waals surface area contributed by atoms with Crippen molar-refractivity contribution in [3.63, 3.8) is 0 Å². The molecule has 138 valence electrons. The third-order valence-corrected chi connectivity index (χ3v) is 4.78. The van der Waals surface area contributed by atoms with Crippen LogP contribution in [0.15, 0.2) is 42.5 Å². The lowest BCUT2D eigenvalue weighted by atomic mass is 10.1. The van der Waals surface area contributed by atoms with E-state index in [2.05, 4.69) is 15.5 Å². The van der Waals surface area contributed by atoms with Crippen LogP contribution < -0.4 is 10.1 Å². The van der Waals surface area contributed by atoms with Crippen molar-refractivity contribution >= 4 is 39.7 Å². The number of hydrogen-bond donors (Lipinski definition) is 1. The monoisotopic (exact) mass is 404 g/mol. The lowest BCUT2D eigenvalue weighted by Crippen LogP contribution is -2.12. The molecule has 10 heteroatoms. The van der Waals surface area contributed by atoms with Gasteiger partial charge in [-0.15, -0.1) is 10.2 Å². The fourth-order valence-electron chi connectivity index (χ4n) is 2.35. The van der Waals surface area contributed by atoms with E-state index in [1.807, 2.05) is 24.3 Å². The maximum atomic E-state index is 12.3. The van der Waals surface area contributed by atoms with Crippen LogP contribution in [0.1, 0.15) is 20.9 Å². The van der Waals surface area contributed by atoms with E-state index in [4.69, 9.17) is 16.3 Å². The number of aromatic nitrogens is 2. The van der Waals surface area contributed by atoms with Gasteiger partial charge in [-0.05, 0) is 18.2 Å². The van der Waals surface area contributed by atoms with Gasteiger partial charge in [-0.1, -0.05) is 41.1 Å². The summed E-state index contributed by atoms with van der Waals surface area (Å²) in [7, 11) is 1.59. The Kier molecular flexibility index (Phi) is 5.63. The number of carbonyl (C=O) groups excluding carboxylic acids is 1. The highest BCUT2D eigenvalue weighted by molar-refractivity contribution is 7.15. The summed E-state index contributed by atoms with van der Waals surface area (Å²) < 4.78 is 5.31. The van der Waals surface area contributed by atoms with E-state index in [-0.39, 0.29) is 16.3 Å². The first-order valence-electron chi connectivity index (χ1n) is 7.67. The average Bonchev–Trinajstić information content (AvgIpc) is 3.09. The summed E-state index contributed by atoms with van der Waals surface area (Å²) in [4.78, 5) is 22.6. The van der Waals surface area contributed by atoms with E-state index in [1.165, 1.54) is 23.5 Å². The van der Waals surface area contributed by atoms with Crippen LogP contribution in [-0.4, -0.2) is 28.1 Å². The number of benzene rings is 2. The molecule has 2 aromatic carbocycles. The van der Waals surface area contributed by atoms with Crippen molar-refractivity contribution in [3.8, 4) is 5.75 Å². The molecule has 0 radical (unpaired) electrons. The van der Waals surface area contributed by atoms with Crippen LogP contribution in [0, 0.1) is 10.1 Å². The van der Waals surface area contributed by atoms with E-state index in [0.717, 1.165) is 17.4 Å². The molecule has 0 fully saturated rings. The lowest BCUT2D eigenvalue weighted by molar-refractivity contribution is -0.384. The smallest absolute Gasteiger partial charge is 0.288 e. The molecule has 0 spiro atoms. The molecule has 1 N–H and O–H groups in total. The van der Waals surface area contributed by atoms with E-state index in [9.17, 15) is 14.9 Å². The molecule has 27 heavy (non-hydrogen) atoms. The Morgan fingerprint density at radius 3 is 2.81 bits per heavy atom. The molecule has 0 unspecified atom stereocenters. The normalized spacial score (nSPS) is 10.4. The van der Waals surface area contributed by atoms with Gasteiger partial charge in [0.15, 0.2) is 0 Å². The molecular weight excluding hydrogens is 392 g/mol. The maximum Gasteiger partial charge on any atom is 0.288 e. The molecule has 1 amide bonds. The molecule has 0 aliphatic carbocycles. The van der Waals surface area contributed by atoms with E-state index >= 15 is 0 Å². The zero-order valence-corrected chi connectivity index (χ0v) is 15.6. The van der Waals surface area contributed by atoms with Gasteiger partial charge in [0.25, 0.3) is 11.6 Å². The molecule has 0 saturated heterocycles. The zero-order chi connectivity index (χ0) is 19.4. The molecule has 0 saturated carbocycles. The summed E-state index contributed by atoms with van der Waals surface area (Å²) in [5.74, 6) is 0.210. The molecule has 0 bridgehead atoms. The first-order chi connectivity index (χ1) is 13.0. The first-order valence-corrected chi connectivity index (χ1v) is 8.87. The van der Waals surface area contributed by atoms with Gasteiger partial charge in [0.2, 0.25) is 5.13 Å². The second-order valence-corrected chi connectivity index (χ2v) is 6.84. The number of nitrogens with one attached hydrogen (secondary N) is 1.